The molecule has 102 valence electrons. The molecule has 2 N–H and O–H groups in total. The standard InChI is InChI=1S/C13H17N3O3/c1-8-6-11(9(7-15-8)13(18)19)16-5-3-4-10(16)12(17)14-2/h6-7,10H,3-5H2,1-2H3,(H,14,17)(H,18,19). The summed E-state index contributed by atoms with van der Waals surface area (Å²) in [6, 6.07) is 1.43. The molecule has 1 aromatic rings. The Hall–Kier alpha value is -2.11. The van der Waals surface area contributed by atoms with Gasteiger partial charge < -0.3 is 15.3 Å². The number of aromatic carboxylic acids is 1. The first kappa shape index (κ1) is 13.3. The molecule has 6 heteroatoms. The van der Waals surface area contributed by atoms with Gasteiger partial charge in [-0.3, -0.25) is 9.78 Å². The van der Waals surface area contributed by atoms with Crippen LogP contribution in [0.5, 0.6) is 0 Å². The molecule has 6 nitrogen and oxygen atoms in total. The SMILES string of the molecule is CNC(=O)C1CCCN1c1cc(C)ncc1C(=O)O. The summed E-state index contributed by atoms with van der Waals surface area (Å²) in [4.78, 5) is 29.0. The van der Waals surface area contributed by atoms with Crippen molar-refractivity contribution in [3.05, 3.63) is 23.5 Å². The van der Waals surface area contributed by atoms with E-state index in [4.69, 9.17) is 0 Å². The van der Waals surface area contributed by atoms with Gasteiger partial charge in [0.2, 0.25) is 5.91 Å². The fourth-order valence-corrected chi connectivity index (χ4v) is 2.44. The van der Waals surface area contributed by atoms with Gasteiger partial charge in [0.1, 0.15) is 11.6 Å². The number of carboxylic acid groups (broad SMARTS) is 1. The third-order valence-corrected chi connectivity index (χ3v) is 3.36. The summed E-state index contributed by atoms with van der Waals surface area (Å²) >= 11 is 0. The molecule has 0 radical (unpaired) electrons. The molecule has 0 spiro atoms. The van der Waals surface area contributed by atoms with Crippen LogP contribution in [0.4, 0.5) is 5.69 Å². The Morgan fingerprint density at radius 2 is 2.26 bits per heavy atom. The predicted molar refractivity (Wildman–Crippen MR) is 70.4 cm³/mol. The van der Waals surface area contributed by atoms with E-state index in [0.29, 0.717) is 12.2 Å². The number of nitrogens with zero attached hydrogens (tertiary/aromatic N) is 2. The Labute approximate surface area is 111 Å². The van der Waals surface area contributed by atoms with Gasteiger partial charge in [0.25, 0.3) is 0 Å². The van der Waals surface area contributed by atoms with Crippen molar-refractivity contribution in [2.45, 2.75) is 25.8 Å². The number of anilines is 1. The Morgan fingerprint density at radius 3 is 2.89 bits per heavy atom. The van der Waals surface area contributed by atoms with Crippen LogP contribution in [0.2, 0.25) is 0 Å². The summed E-state index contributed by atoms with van der Waals surface area (Å²) in [5, 5.41) is 11.9. The summed E-state index contributed by atoms with van der Waals surface area (Å²) in [5.41, 5.74) is 1.45. The van der Waals surface area contributed by atoms with E-state index in [1.807, 2.05) is 4.90 Å². The molecule has 0 aromatic carbocycles. The number of carbonyl (C=O) groups is 2. The molecule has 1 amide bonds. The number of hydrogen-bond acceptors (Lipinski definition) is 4. The molecule has 1 aliphatic heterocycles. The summed E-state index contributed by atoms with van der Waals surface area (Å²) < 4.78 is 0. The van der Waals surface area contributed by atoms with E-state index >= 15 is 0 Å². The van der Waals surface area contributed by atoms with Crippen LogP contribution in [0.15, 0.2) is 12.3 Å². The highest BCUT2D eigenvalue weighted by molar-refractivity contribution is 5.96. The second-order valence-corrected chi connectivity index (χ2v) is 4.61. The van der Waals surface area contributed by atoms with E-state index in [1.165, 1.54) is 6.20 Å². The van der Waals surface area contributed by atoms with Crippen molar-refractivity contribution in [3.63, 3.8) is 0 Å². The number of hydrogen-bond donors (Lipinski definition) is 2. The number of nitrogens with one attached hydrogen (secondary N) is 1. The first-order valence-corrected chi connectivity index (χ1v) is 6.22. The molecule has 19 heavy (non-hydrogen) atoms. The average Bonchev–Trinajstić information content (AvgIpc) is 2.86. The number of likely N-dealkylation sites (N-methyl/N-ethyl adjacent to an activating group) is 1. The van der Waals surface area contributed by atoms with E-state index in [0.717, 1.165) is 18.5 Å². The van der Waals surface area contributed by atoms with Gasteiger partial charge in [0, 0.05) is 25.5 Å². The maximum atomic E-state index is 11.8. The van der Waals surface area contributed by atoms with Crippen molar-refractivity contribution in [2.24, 2.45) is 0 Å². The number of aromatic nitrogens is 1. The summed E-state index contributed by atoms with van der Waals surface area (Å²) in [7, 11) is 1.59. The van der Waals surface area contributed by atoms with Crippen molar-refractivity contribution < 1.29 is 14.7 Å². The van der Waals surface area contributed by atoms with Gasteiger partial charge in [0.05, 0.1) is 5.69 Å². The van der Waals surface area contributed by atoms with Gasteiger partial charge in [-0.25, -0.2) is 4.79 Å². The molecule has 1 aromatic heterocycles. The molecular weight excluding hydrogens is 246 g/mol. The molecule has 2 heterocycles. The van der Waals surface area contributed by atoms with E-state index in [1.54, 1.807) is 20.0 Å². The van der Waals surface area contributed by atoms with Crippen LogP contribution in [-0.2, 0) is 4.79 Å². The third-order valence-electron chi connectivity index (χ3n) is 3.36. The summed E-state index contributed by atoms with van der Waals surface area (Å²) in [5.74, 6) is -1.10. The monoisotopic (exact) mass is 263 g/mol. The van der Waals surface area contributed by atoms with E-state index in [-0.39, 0.29) is 17.5 Å². The van der Waals surface area contributed by atoms with Crippen LogP contribution in [0.1, 0.15) is 28.9 Å². The first-order chi connectivity index (χ1) is 9.04. The second-order valence-electron chi connectivity index (χ2n) is 4.61. The van der Waals surface area contributed by atoms with Gasteiger partial charge in [-0.15, -0.1) is 0 Å². The average molecular weight is 263 g/mol. The minimum Gasteiger partial charge on any atom is -0.478 e. The number of carbonyl (C=O) groups excluding carboxylic acids is 1. The molecule has 1 atom stereocenters. The molecule has 0 saturated carbocycles. The molecule has 1 saturated heterocycles. The van der Waals surface area contributed by atoms with Crippen molar-refractivity contribution >= 4 is 17.6 Å². The van der Waals surface area contributed by atoms with Crippen LogP contribution in [0.25, 0.3) is 0 Å². The van der Waals surface area contributed by atoms with E-state index in [9.17, 15) is 14.7 Å². The molecule has 2 rings (SSSR count). The lowest BCUT2D eigenvalue weighted by atomic mass is 10.1. The highest BCUT2D eigenvalue weighted by Gasteiger charge is 2.32. The molecule has 1 fully saturated rings. The molecule has 1 aliphatic rings. The Balaban J connectivity index is 2.42. The molecular formula is C13H17N3O3. The number of carboxylic acids is 1. The van der Waals surface area contributed by atoms with Crippen LogP contribution in [0.3, 0.4) is 0 Å². The number of pyridine rings is 1. The Kier molecular flexibility index (Phi) is 3.69. The van der Waals surface area contributed by atoms with Gasteiger partial charge in [-0.2, -0.15) is 0 Å². The zero-order valence-electron chi connectivity index (χ0n) is 11.0. The zero-order valence-corrected chi connectivity index (χ0v) is 11.0. The smallest absolute Gasteiger partial charge is 0.339 e. The van der Waals surface area contributed by atoms with Crippen molar-refractivity contribution in [3.8, 4) is 0 Å². The van der Waals surface area contributed by atoms with Crippen molar-refractivity contribution in [1.29, 1.82) is 0 Å². The highest BCUT2D eigenvalue weighted by Crippen LogP contribution is 2.29. The first-order valence-electron chi connectivity index (χ1n) is 6.22. The largest absolute Gasteiger partial charge is 0.478 e. The maximum absolute atomic E-state index is 11.8. The van der Waals surface area contributed by atoms with Gasteiger partial charge >= 0.3 is 5.97 Å². The summed E-state index contributed by atoms with van der Waals surface area (Å²) in [6.45, 7) is 2.49. The Bertz CT molecular complexity index is 516. The van der Waals surface area contributed by atoms with E-state index in [2.05, 4.69) is 10.3 Å². The minimum absolute atomic E-state index is 0.0803. The number of amides is 1. The predicted octanol–water partition coefficient (Wildman–Crippen LogP) is 0.803. The normalized spacial score (nSPS) is 18.4. The van der Waals surface area contributed by atoms with E-state index < -0.39 is 5.97 Å². The lowest BCUT2D eigenvalue weighted by Gasteiger charge is -2.26. The van der Waals surface area contributed by atoms with Gasteiger partial charge in [-0.1, -0.05) is 0 Å². The van der Waals surface area contributed by atoms with Gasteiger partial charge in [-0.05, 0) is 25.8 Å². The number of aryl methyl sites for hydroxylation is 1. The quantitative estimate of drug-likeness (QED) is 0.843. The number of rotatable bonds is 3. The fraction of sp³-hybridized carbons (Fsp3) is 0.462. The Morgan fingerprint density at radius 1 is 1.53 bits per heavy atom. The third kappa shape index (κ3) is 2.52. The lowest BCUT2D eigenvalue weighted by molar-refractivity contribution is -0.121. The van der Waals surface area contributed by atoms with Crippen LogP contribution in [0, 0.1) is 6.92 Å². The minimum atomic E-state index is -1.02. The van der Waals surface area contributed by atoms with Crippen LogP contribution in [-0.4, -0.2) is 41.6 Å². The summed E-state index contributed by atoms with van der Waals surface area (Å²) in [6.07, 6.45) is 2.96. The molecule has 0 aliphatic carbocycles. The van der Waals surface area contributed by atoms with Crippen molar-refractivity contribution in [1.82, 2.24) is 10.3 Å². The molecule has 0 bridgehead atoms. The van der Waals surface area contributed by atoms with Gasteiger partial charge in [0.15, 0.2) is 0 Å². The zero-order chi connectivity index (χ0) is 14.0. The maximum Gasteiger partial charge on any atom is 0.339 e. The lowest BCUT2D eigenvalue weighted by Crippen LogP contribution is -2.42. The molecule has 1 unspecified atom stereocenters. The van der Waals surface area contributed by atoms with Crippen LogP contribution >= 0.6 is 0 Å². The highest BCUT2D eigenvalue weighted by atomic mass is 16.4. The van der Waals surface area contributed by atoms with Crippen molar-refractivity contribution in [2.75, 3.05) is 18.5 Å². The fourth-order valence-electron chi connectivity index (χ4n) is 2.44. The van der Waals surface area contributed by atoms with Crippen LogP contribution < -0.4 is 10.2 Å². The topological polar surface area (TPSA) is 82.5 Å². The second kappa shape index (κ2) is 5.26.